The number of rotatable bonds is 7. The molecule has 1 atom stereocenters. The third-order valence-corrected chi connectivity index (χ3v) is 3.46. The zero-order valence-corrected chi connectivity index (χ0v) is 10.7. The first-order chi connectivity index (χ1) is 7.17. The van der Waals surface area contributed by atoms with Crippen LogP contribution in [0.1, 0.15) is 40.5 Å². The highest BCUT2D eigenvalue weighted by atomic mass is 16.4. The van der Waals surface area contributed by atoms with E-state index in [-0.39, 0.29) is 31.0 Å². The smallest absolute Gasteiger partial charge is 0.303 e. The second-order valence-corrected chi connectivity index (χ2v) is 5.76. The van der Waals surface area contributed by atoms with E-state index in [1.807, 2.05) is 27.7 Å². The van der Waals surface area contributed by atoms with Crippen LogP contribution in [0.3, 0.4) is 0 Å². The van der Waals surface area contributed by atoms with Gasteiger partial charge in [0.15, 0.2) is 0 Å². The van der Waals surface area contributed by atoms with Crippen LogP contribution in [-0.4, -0.2) is 34.5 Å². The SMILES string of the molecule is CC(C)(CO)C(CO)C(C)(C)CCC(=O)O. The number of hydrogen-bond donors (Lipinski definition) is 3. The highest BCUT2D eigenvalue weighted by Crippen LogP contribution is 2.42. The molecular formula is C12H24O4. The minimum absolute atomic E-state index is 0.0191. The molecule has 4 nitrogen and oxygen atoms in total. The predicted octanol–water partition coefficient (Wildman–Crippen LogP) is 1.50. The molecule has 0 aliphatic rings. The summed E-state index contributed by atoms with van der Waals surface area (Å²) in [7, 11) is 0. The molecule has 0 amide bonds. The molecule has 0 rings (SSSR count). The van der Waals surface area contributed by atoms with Crippen molar-refractivity contribution in [2.75, 3.05) is 13.2 Å². The summed E-state index contributed by atoms with van der Waals surface area (Å²) in [5, 5.41) is 27.4. The average Bonchev–Trinajstić information content (AvgIpc) is 2.15. The Balaban J connectivity index is 4.72. The van der Waals surface area contributed by atoms with Crippen LogP contribution in [0.2, 0.25) is 0 Å². The van der Waals surface area contributed by atoms with Gasteiger partial charge < -0.3 is 15.3 Å². The third-order valence-electron chi connectivity index (χ3n) is 3.46. The second-order valence-electron chi connectivity index (χ2n) is 5.76. The Morgan fingerprint density at radius 2 is 1.62 bits per heavy atom. The van der Waals surface area contributed by atoms with Crippen molar-refractivity contribution in [2.45, 2.75) is 40.5 Å². The molecule has 96 valence electrons. The molecule has 0 saturated carbocycles. The fraction of sp³-hybridized carbons (Fsp3) is 0.917. The van der Waals surface area contributed by atoms with Gasteiger partial charge in [-0.2, -0.15) is 0 Å². The Morgan fingerprint density at radius 3 is 1.94 bits per heavy atom. The summed E-state index contributed by atoms with van der Waals surface area (Å²) in [5.41, 5.74) is -0.712. The van der Waals surface area contributed by atoms with Crippen molar-refractivity contribution in [3.63, 3.8) is 0 Å². The number of aliphatic carboxylic acids is 1. The van der Waals surface area contributed by atoms with Gasteiger partial charge in [0.1, 0.15) is 0 Å². The fourth-order valence-corrected chi connectivity index (χ4v) is 2.27. The minimum atomic E-state index is -0.827. The Morgan fingerprint density at radius 1 is 1.12 bits per heavy atom. The summed E-state index contributed by atoms with van der Waals surface area (Å²) in [5.74, 6) is -0.948. The van der Waals surface area contributed by atoms with E-state index < -0.39 is 11.4 Å². The zero-order chi connectivity index (χ0) is 13.0. The molecule has 0 radical (unpaired) electrons. The van der Waals surface area contributed by atoms with Crippen molar-refractivity contribution in [1.29, 1.82) is 0 Å². The number of carboxylic acid groups (broad SMARTS) is 1. The highest BCUT2D eigenvalue weighted by molar-refractivity contribution is 5.66. The lowest BCUT2D eigenvalue weighted by atomic mass is 9.64. The van der Waals surface area contributed by atoms with Gasteiger partial charge in [-0.15, -0.1) is 0 Å². The van der Waals surface area contributed by atoms with Gasteiger partial charge in [-0.25, -0.2) is 0 Å². The van der Waals surface area contributed by atoms with Crippen LogP contribution >= 0.6 is 0 Å². The molecule has 0 saturated heterocycles. The Kier molecular flexibility index (Phi) is 5.42. The van der Waals surface area contributed by atoms with E-state index in [1.54, 1.807) is 0 Å². The van der Waals surface area contributed by atoms with E-state index in [9.17, 15) is 15.0 Å². The van der Waals surface area contributed by atoms with Crippen LogP contribution in [0.25, 0.3) is 0 Å². The van der Waals surface area contributed by atoms with Crippen molar-refractivity contribution in [3.05, 3.63) is 0 Å². The lowest BCUT2D eigenvalue weighted by molar-refractivity contribution is -0.138. The van der Waals surface area contributed by atoms with Crippen LogP contribution in [0.5, 0.6) is 0 Å². The predicted molar refractivity (Wildman–Crippen MR) is 62.1 cm³/mol. The van der Waals surface area contributed by atoms with Gasteiger partial charge in [0.05, 0.1) is 0 Å². The van der Waals surface area contributed by atoms with E-state index in [0.29, 0.717) is 6.42 Å². The maximum Gasteiger partial charge on any atom is 0.303 e. The molecule has 0 aromatic carbocycles. The molecular weight excluding hydrogens is 208 g/mol. The summed E-state index contributed by atoms with van der Waals surface area (Å²) in [4.78, 5) is 10.6. The normalized spacial score (nSPS) is 14.9. The molecule has 0 aromatic heterocycles. The van der Waals surface area contributed by atoms with E-state index in [2.05, 4.69) is 0 Å². The van der Waals surface area contributed by atoms with Gasteiger partial charge in [-0.05, 0) is 23.2 Å². The molecule has 4 heteroatoms. The van der Waals surface area contributed by atoms with Crippen LogP contribution in [0.4, 0.5) is 0 Å². The Bertz CT molecular complexity index is 233. The van der Waals surface area contributed by atoms with Gasteiger partial charge in [0.2, 0.25) is 0 Å². The fourth-order valence-electron chi connectivity index (χ4n) is 2.27. The van der Waals surface area contributed by atoms with Gasteiger partial charge in [0.25, 0.3) is 0 Å². The standard InChI is InChI=1S/C12H24O4/c1-11(2,6-5-10(15)16)9(7-13)12(3,4)8-14/h9,13-14H,5-8H2,1-4H3,(H,15,16). The Hall–Kier alpha value is -0.610. The first kappa shape index (κ1) is 15.4. The summed E-state index contributed by atoms with van der Waals surface area (Å²) < 4.78 is 0. The lowest BCUT2D eigenvalue weighted by Gasteiger charge is -2.42. The molecule has 0 spiro atoms. The molecule has 16 heavy (non-hydrogen) atoms. The first-order valence-electron chi connectivity index (χ1n) is 5.61. The monoisotopic (exact) mass is 232 g/mol. The molecule has 0 aliphatic carbocycles. The van der Waals surface area contributed by atoms with E-state index >= 15 is 0 Å². The van der Waals surface area contributed by atoms with Crippen molar-refractivity contribution in [3.8, 4) is 0 Å². The van der Waals surface area contributed by atoms with Gasteiger partial charge >= 0.3 is 5.97 Å². The van der Waals surface area contributed by atoms with E-state index in [4.69, 9.17) is 5.11 Å². The third kappa shape index (κ3) is 4.10. The molecule has 0 aromatic rings. The minimum Gasteiger partial charge on any atom is -0.481 e. The number of aliphatic hydroxyl groups excluding tert-OH is 2. The first-order valence-corrected chi connectivity index (χ1v) is 5.61. The van der Waals surface area contributed by atoms with Gasteiger partial charge in [-0.3, -0.25) is 4.79 Å². The maximum atomic E-state index is 10.6. The molecule has 0 aliphatic heterocycles. The zero-order valence-electron chi connectivity index (χ0n) is 10.7. The second kappa shape index (κ2) is 5.64. The summed E-state index contributed by atoms with van der Waals surface area (Å²) >= 11 is 0. The Labute approximate surface area is 97.3 Å². The van der Waals surface area contributed by atoms with Crippen molar-refractivity contribution < 1.29 is 20.1 Å². The summed E-state index contributed by atoms with van der Waals surface area (Å²) in [6, 6.07) is 0. The largest absolute Gasteiger partial charge is 0.481 e. The van der Waals surface area contributed by atoms with Crippen LogP contribution < -0.4 is 0 Å². The quantitative estimate of drug-likeness (QED) is 0.621. The molecule has 0 bridgehead atoms. The number of aliphatic hydroxyl groups is 2. The van der Waals surface area contributed by atoms with Gasteiger partial charge in [-0.1, -0.05) is 27.7 Å². The molecule has 3 N–H and O–H groups in total. The number of carbonyl (C=O) groups is 1. The summed E-state index contributed by atoms with van der Waals surface area (Å²) in [6.07, 6.45) is 0.585. The van der Waals surface area contributed by atoms with E-state index in [1.165, 1.54) is 0 Å². The topological polar surface area (TPSA) is 77.8 Å². The number of carboxylic acids is 1. The van der Waals surface area contributed by atoms with Crippen molar-refractivity contribution >= 4 is 5.97 Å². The lowest BCUT2D eigenvalue weighted by Crippen LogP contribution is -2.41. The van der Waals surface area contributed by atoms with Crippen LogP contribution in [0.15, 0.2) is 0 Å². The molecule has 0 fully saturated rings. The van der Waals surface area contributed by atoms with Crippen molar-refractivity contribution in [1.82, 2.24) is 0 Å². The average molecular weight is 232 g/mol. The van der Waals surface area contributed by atoms with Gasteiger partial charge in [0, 0.05) is 19.6 Å². The van der Waals surface area contributed by atoms with Crippen LogP contribution in [0, 0.1) is 16.7 Å². The van der Waals surface area contributed by atoms with Crippen molar-refractivity contribution in [2.24, 2.45) is 16.7 Å². The highest BCUT2D eigenvalue weighted by Gasteiger charge is 2.39. The summed E-state index contributed by atoms with van der Waals surface area (Å²) in [6.45, 7) is 7.59. The number of hydrogen-bond acceptors (Lipinski definition) is 3. The van der Waals surface area contributed by atoms with E-state index in [0.717, 1.165) is 0 Å². The van der Waals surface area contributed by atoms with Crippen LogP contribution in [-0.2, 0) is 4.79 Å². The maximum absolute atomic E-state index is 10.6. The molecule has 0 heterocycles. The molecule has 1 unspecified atom stereocenters.